The summed E-state index contributed by atoms with van der Waals surface area (Å²) < 4.78 is 5.25. The predicted molar refractivity (Wildman–Crippen MR) is 76.0 cm³/mol. The van der Waals surface area contributed by atoms with E-state index in [2.05, 4.69) is 17.1 Å². The summed E-state index contributed by atoms with van der Waals surface area (Å²) in [5.41, 5.74) is -0.440. The van der Waals surface area contributed by atoms with Crippen molar-refractivity contribution in [3.63, 3.8) is 0 Å². The first-order chi connectivity index (χ1) is 9.15. The van der Waals surface area contributed by atoms with Crippen LogP contribution < -0.4 is 5.32 Å². The summed E-state index contributed by atoms with van der Waals surface area (Å²) in [4.78, 5) is 14.8. The van der Waals surface area contributed by atoms with Crippen molar-refractivity contribution in [3.8, 4) is 0 Å². The molecule has 0 spiro atoms. The van der Waals surface area contributed by atoms with E-state index in [1.165, 1.54) is 25.9 Å². The van der Waals surface area contributed by atoms with Gasteiger partial charge in [0.2, 0.25) is 0 Å². The summed E-state index contributed by atoms with van der Waals surface area (Å²) in [6, 6.07) is 0.549. The van der Waals surface area contributed by atoms with Crippen LogP contribution in [0.4, 0.5) is 0 Å². The van der Waals surface area contributed by atoms with Gasteiger partial charge in [-0.1, -0.05) is 13.3 Å². The molecule has 0 aromatic carbocycles. The second kappa shape index (κ2) is 6.23. The minimum atomic E-state index is -0.440. The minimum absolute atomic E-state index is 0.0637. The number of carbonyl (C=O) groups excluding carboxylic acids is 1. The zero-order valence-corrected chi connectivity index (χ0v) is 12.6. The standard InChI is InChI=1S/C15H28N2O2/c1-4-12-7-9-17(11-12)13-6-8-15(10-13,16-3)14(18)19-5-2/h12-13,16H,4-11H2,1-3H3. The second-order valence-corrected chi connectivity index (χ2v) is 6.01. The van der Waals surface area contributed by atoms with Gasteiger partial charge in [-0.3, -0.25) is 4.79 Å². The molecule has 0 radical (unpaired) electrons. The number of hydrogen-bond acceptors (Lipinski definition) is 4. The molecule has 0 aromatic heterocycles. The lowest BCUT2D eigenvalue weighted by molar-refractivity contribution is -0.151. The molecule has 2 rings (SSSR count). The normalized spacial score (nSPS) is 35.7. The van der Waals surface area contributed by atoms with Crippen molar-refractivity contribution in [1.82, 2.24) is 10.2 Å². The van der Waals surface area contributed by atoms with E-state index in [4.69, 9.17) is 4.74 Å². The molecule has 0 amide bonds. The van der Waals surface area contributed by atoms with E-state index >= 15 is 0 Å². The average Bonchev–Trinajstić information content (AvgIpc) is 3.06. The van der Waals surface area contributed by atoms with Gasteiger partial charge in [-0.25, -0.2) is 0 Å². The fourth-order valence-electron chi connectivity index (χ4n) is 3.64. The lowest BCUT2D eigenvalue weighted by Gasteiger charge is -2.29. The fraction of sp³-hybridized carbons (Fsp3) is 0.933. The first kappa shape index (κ1) is 14.8. The van der Waals surface area contributed by atoms with Crippen LogP contribution in [0.5, 0.6) is 0 Å². The highest BCUT2D eigenvalue weighted by Crippen LogP contribution is 2.36. The number of ether oxygens (including phenoxy) is 1. The van der Waals surface area contributed by atoms with Crippen molar-refractivity contribution in [2.45, 2.75) is 57.5 Å². The number of carbonyl (C=O) groups is 1. The first-order valence-corrected chi connectivity index (χ1v) is 7.75. The number of nitrogens with one attached hydrogen (secondary N) is 1. The molecule has 2 aliphatic rings. The van der Waals surface area contributed by atoms with Crippen molar-refractivity contribution in [2.75, 3.05) is 26.7 Å². The van der Waals surface area contributed by atoms with Crippen LogP contribution in [0.3, 0.4) is 0 Å². The van der Waals surface area contributed by atoms with Crippen molar-refractivity contribution in [2.24, 2.45) is 5.92 Å². The van der Waals surface area contributed by atoms with Gasteiger partial charge in [-0.15, -0.1) is 0 Å². The molecule has 3 atom stereocenters. The summed E-state index contributed by atoms with van der Waals surface area (Å²) in [5.74, 6) is 0.790. The number of hydrogen-bond donors (Lipinski definition) is 1. The number of likely N-dealkylation sites (tertiary alicyclic amines) is 1. The van der Waals surface area contributed by atoms with Gasteiger partial charge in [0.1, 0.15) is 5.54 Å². The molecule has 1 aliphatic carbocycles. The van der Waals surface area contributed by atoms with E-state index in [0.717, 1.165) is 25.2 Å². The maximum absolute atomic E-state index is 12.2. The molecule has 110 valence electrons. The molecule has 4 nitrogen and oxygen atoms in total. The molecule has 0 aromatic rings. The van der Waals surface area contributed by atoms with Crippen molar-refractivity contribution >= 4 is 5.97 Å². The average molecular weight is 268 g/mol. The van der Waals surface area contributed by atoms with Gasteiger partial charge in [0.25, 0.3) is 0 Å². The van der Waals surface area contributed by atoms with Crippen molar-refractivity contribution in [1.29, 1.82) is 0 Å². The van der Waals surface area contributed by atoms with Gasteiger partial charge in [-0.05, 0) is 52.1 Å². The highest BCUT2D eigenvalue weighted by atomic mass is 16.5. The molecule has 1 N–H and O–H groups in total. The number of rotatable bonds is 5. The smallest absolute Gasteiger partial charge is 0.326 e. The van der Waals surface area contributed by atoms with Crippen molar-refractivity contribution < 1.29 is 9.53 Å². The topological polar surface area (TPSA) is 41.6 Å². The molecule has 1 heterocycles. The molecule has 4 heteroatoms. The van der Waals surface area contributed by atoms with Crippen LogP contribution in [-0.2, 0) is 9.53 Å². The van der Waals surface area contributed by atoms with E-state index in [0.29, 0.717) is 12.6 Å². The monoisotopic (exact) mass is 268 g/mol. The third-order valence-electron chi connectivity index (χ3n) is 5.04. The summed E-state index contributed by atoms with van der Waals surface area (Å²) >= 11 is 0. The van der Waals surface area contributed by atoms with E-state index in [-0.39, 0.29) is 5.97 Å². The predicted octanol–water partition coefficient (Wildman–Crippen LogP) is 1.79. The second-order valence-electron chi connectivity index (χ2n) is 6.01. The zero-order chi connectivity index (χ0) is 13.9. The molecule has 1 saturated carbocycles. The van der Waals surface area contributed by atoms with Crippen molar-refractivity contribution in [3.05, 3.63) is 0 Å². The summed E-state index contributed by atoms with van der Waals surface area (Å²) in [6.07, 6.45) is 5.51. The maximum Gasteiger partial charge on any atom is 0.326 e. The Hall–Kier alpha value is -0.610. The molecular formula is C15H28N2O2. The van der Waals surface area contributed by atoms with Crippen LogP contribution in [0.25, 0.3) is 0 Å². The van der Waals surface area contributed by atoms with Crippen LogP contribution in [0.15, 0.2) is 0 Å². The highest BCUT2D eigenvalue weighted by Gasteiger charge is 2.47. The van der Waals surface area contributed by atoms with Crippen LogP contribution in [0.2, 0.25) is 0 Å². The number of esters is 1. The van der Waals surface area contributed by atoms with Crippen LogP contribution in [-0.4, -0.2) is 49.2 Å². The summed E-state index contributed by atoms with van der Waals surface area (Å²) in [6.45, 7) is 7.03. The first-order valence-electron chi connectivity index (χ1n) is 7.75. The van der Waals surface area contributed by atoms with E-state index < -0.39 is 5.54 Å². The van der Waals surface area contributed by atoms with Gasteiger partial charge < -0.3 is 15.0 Å². The quantitative estimate of drug-likeness (QED) is 0.772. The van der Waals surface area contributed by atoms with Crippen LogP contribution in [0.1, 0.15) is 46.0 Å². The summed E-state index contributed by atoms with van der Waals surface area (Å²) in [5, 5.41) is 3.24. The van der Waals surface area contributed by atoms with E-state index in [9.17, 15) is 4.79 Å². The van der Waals surface area contributed by atoms with Gasteiger partial charge in [-0.2, -0.15) is 0 Å². The molecule has 1 saturated heterocycles. The Morgan fingerprint density at radius 2 is 2.21 bits per heavy atom. The maximum atomic E-state index is 12.2. The molecule has 19 heavy (non-hydrogen) atoms. The Kier molecular flexibility index (Phi) is 4.85. The Morgan fingerprint density at radius 3 is 2.79 bits per heavy atom. The Labute approximate surface area is 116 Å². The lowest BCUT2D eigenvalue weighted by Crippen LogP contribution is -2.50. The van der Waals surface area contributed by atoms with Gasteiger partial charge in [0.15, 0.2) is 0 Å². The molecular weight excluding hydrogens is 240 g/mol. The van der Waals surface area contributed by atoms with Crippen LogP contribution in [0, 0.1) is 5.92 Å². The lowest BCUT2D eigenvalue weighted by atomic mass is 9.97. The Balaban J connectivity index is 1.96. The van der Waals surface area contributed by atoms with Gasteiger partial charge >= 0.3 is 5.97 Å². The third-order valence-corrected chi connectivity index (χ3v) is 5.04. The molecule has 1 aliphatic heterocycles. The fourth-order valence-corrected chi connectivity index (χ4v) is 3.64. The van der Waals surface area contributed by atoms with Crippen LogP contribution >= 0.6 is 0 Å². The van der Waals surface area contributed by atoms with E-state index in [1.54, 1.807) is 0 Å². The SMILES string of the molecule is CCOC(=O)C1(NC)CCC(N2CCC(CC)C2)C1. The Morgan fingerprint density at radius 1 is 1.42 bits per heavy atom. The third kappa shape index (κ3) is 2.95. The molecule has 0 bridgehead atoms. The van der Waals surface area contributed by atoms with Gasteiger partial charge in [0, 0.05) is 12.6 Å². The largest absolute Gasteiger partial charge is 0.465 e. The number of likely N-dealkylation sites (N-methyl/N-ethyl adjacent to an activating group) is 1. The molecule has 2 fully saturated rings. The van der Waals surface area contributed by atoms with E-state index in [1.807, 2.05) is 14.0 Å². The molecule has 3 unspecified atom stereocenters. The number of nitrogens with zero attached hydrogens (tertiary/aromatic N) is 1. The minimum Gasteiger partial charge on any atom is -0.465 e. The zero-order valence-electron chi connectivity index (χ0n) is 12.6. The van der Waals surface area contributed by atoms with Gasteiger partial charge in [0.05, 0.1) is 6.61 Å². The Bertz CT molecular complexity index is 321. The highest BCUT2D eigenvalue weighted by molar-refractivity contribution is 5.81. The summed E-state index contributed by atoms with van der Waals surface area (Å²) in [7, 11) is 1.89.